The van der Waals surface area contributed by atoms with E-state index in [0.717, 1.165) is 16.8 Å². The highest BCUT2D eigenvalue weighted by molar-refractivity contribution is 6.05. The largest absolute Gasteiger partial charge is 0.493 e. The van der Waals surface area contributed by atoms with Gasteiger partial charge in [-0.15, -0.1) is 6.42 Å². The van der Waals surface area contributed by atoms with Crippen molar-refractivity contribution in [1.82, 2.24) is 0 Å². The Bertz CT molecular complexity index is 1000. The lowest BCUT2D eigenvalue weighted by atomic mass is 9.90. The van der Waals surface area contributed by atoms with Gasteiger partial charge in [-0.25, -0.2) is 0 Å². The van der Waals surface area contributed by atoms with Gasteiger partial charge in [-0.1, -0.05) is 30.2 Å². The third-order valence-corrected chi connectivity index (χ3v) is 4.91. The molecule has 0 spiro atoms. The Morgan fingerprint density at radius 3 is 2.73 bits per heavy atom. The lowest BCUT2D eigenvalue weighted by Gasteiger charge is -2.32. The summed E-state index contributed by atoms with van der Waals surface area (Å²) in [5, 5.41) is 0. The van der Waals surface area contributed by atoms with Crippen LogP contribution in [0.3, 0.4) is 0 Å². The second-order valence-electron chi connectivity index (χ2n) is 6.65. The lowest BCUT2D eigenvalue weighted by molar-refractivity contribution is -0.142. The van der Waals surface area contributed by atoms with Gasteiger partial charge in [-0.2, -0.15) is 0 Å². The van der Waals surface area contributed by atoms with Crippen LogP contribution in [0.2, 0.25) is 0 Å². The van der Waals surface area contributed by atoms with E-state index in [-0.39, 0.29) is 24.4 Å². The molecule has 1 unspecified atom stereocenters. The predicted molar refractivity (Wildman–Crippen MR) is 115 cm³/mol. The molecule has 2 aromatic carbocycles. The van der Waals surface area contributed by atoms with Crippen molar-refractivity contribution in [1.29, 1.82) is 0 Å². The summed E-state index contributed by atoms with van der Waals surface area (Å²) in [6.45, 7) is 0.576. The Balaban J connectivity index is 1.80. The molecule has 30 heavy (non-hydrogen) atoms. The average molecular weight is 405 g/mol. The van der Waals surface area contributed by atoms with Crippen molar-refractivity contribution in [2.45, 2.75) is 12.3 Å². The number of anilines is 1. The van der Waals surface area contributed by atoms with Crippen LogP contribution in [-0.2, 0) is 14.3 Å². The highest BCUT2D eigenvalue weighted by Crippen LogP contribution is 2.36. The molecule has 6 heteroatoms. The number of rotatable bonds is 6. The van der Waals surface area contributed by atoms with Crippen molar-refractivity contribution in [2.75, 3.05) is 32.3 Å². The Hall–Kier alpha value is -3.72. The van der Waals surface area contributed by atoms with E-state index in [1.54, 1.807) is 30.2 Å². The molecule has 3 rings (SSSR count). The van der Waals surface area contributed by atoms with Crippen molar-refractivity contribution in [2.24, 2.45) is 0 Å². The molecule has 154 valence electrons. The summed E-state index contributed by atoms with van der Waals surface area (Å²) in [6.07, 6.45) is 8.95. The van der Waals surface area contributed by atoms with E-state index < -0.39 is 0 Å². The summed E-state index contributed by atoms with van der Waals surface area (Å²) < 4.78 is 15.7. The van der Waals surface area contributed by atoms with E-state index >= 15 is 0 Å². The molecular formula is C24H23NO5. The molecular weight excluding hydrogens is 382 g/mol. The molecule has 0 N–H and O–H groups in total. The zero-order valence-corrected chi connectivity index (χ0v) is 17.0. The number of benzene rings is 2. The third kappa shape index (κ3) is 4.47. The van der Waals surface area contributed by atoms with Crippen LogP contribution >= 0.6 is 0 Å². The van der Waals surface area contributed by atoms with E-state index in [1.165, 1.54) is 13.2 Å². The molecule has 1 heterocycles. The van der Waals surface area contributed by atoms with Crippen LogP contribution in [0.15, 0.2) is 48.5 Å². The highest BCUT2D eigenvalue weighted by Gasteiger charge is 2.32. The van der Waals surface area contributed by atoms with Gasteiger partial charge in [0, 0.05) is 18.3 Å². The van der Waals surface area contributed by atoms with E-state index in [1.807, 2.05) is 30.3 Å². The number of nitrogens with zero attached hydrogens (tertiary/aromatic N) is 1. The number of carbonyl (C=O) groups is 2. The first-order valence-electron chi connectivity index (χ1n) is 9.49. The molecule has 0 bridgehead atoms. The SMILES string of the molecule is C#CCOc1ccc(/C=C/C(=O)N2CCC(C(=O)OC)c3ccccc32)cc1OC. The Labute approximate surface area is 176 Å². The summed E-state index contributed by atoms with van der Waals surface area (Å²) in [7, 11) is 2.92. The quantitative estimate of drug-likeness (QED) is 0.419. The average Bonchev–Trinajstić information content (AvgIpc) is 2.80. The van der Waals surface area contributed by atoms with Crippen molar-refractivity contribution >= 4 is 23.6 Å². The number of ether oxygens (including phenoxy) is 3. The van der Waals surface area contributed by atoms with Crippen LogP contribution in [0.25, 0.3) is 6.08 Å². The minimum absolute atomic E-state index is 0.144. The fraction of sp³-hybridized carbons (Fsp3) is 0.250. The van der Waals surface area contributed by atoms with Crippen molar-refractivity contribution in [3.63, 3.8) is 0 Å². The first kappa shape index (κ1) is 21.0. The van der Waals surface area contributed by atoms with Crippen molar-refractivity contribution < 1.29 is 23.8 Å². The smallest absolute Gasteiger partial charge is 0.313 e. The number of esters is 1. The summed E-state index contributed by atoms with van der Waals surface area (Å²) in [4.78, 5) is 26.7. The van der Waals surface area contributed by atoms with E-state index in [9.17, 15) is 9.59 Å². The van der Waals surface area contributed by atoms with Gasteiger partial charge in [0.15, 0.2) is 11.5 Å². The maximum Gasteiger partial charge on any atom is 0.313 e. The summed E-state index contributed by atoms with van der Waals surface area (Å²) in [5.74, 6) is 2.66. The minimum atomic E-state index is -0.362. The fourth-order valence-corrected chi connectivity index (χ4v) is 3.46. The molecule has 0 aliphatic carbocycles. The van der Waals surface area contributed by atoms with Crippen LogP contribution in [0.4, 0.5) is 5.69 Å². The fourth-order valence-electron chi connectivity index (χ4n) is 3.46. The van der Waals surface area contributed by atoms with Gasteiger partial charge in [-0.3, -0.25) is 9.59 Å². The highest BCUT2D eigenvalue weighted by atomic mass is 16.5. The maximum atomic E-state index is 12.9. The Morgan fingerprint density at radius 1 is 1.20 bits per heavy atom. The number of methoxy groups -OCH3 is 2. The van der Waals surface area contributed by atoms with Gasteiger partial charge in [0.05, 0.1) is 20.1 Å². The van der Waals surface area contributed by atoms with Crippen LogP contribution in [0, 0.1) is 12.3 Å². The van der Waals surface area contributed by atoms with Crippen LogP contribution in [0.1, 0.15) is 23.5 Å². The molecule has 1 atom stereocenters. The maximum absolute atomic E-state index is 12.9. The van der Waals surface area contributed by atoms with Gasteiger partial charge in [0.2, 0.25) is 0 Å². The topological polar surface area (TPSA) is 65.1 Å². The molecule has 1 aliphatic heterocycles. The number of hydrogen-bond donors (Lipinski definition) is 0. The number of fused-ring (bicyclic) bond motifs is 1. The third-order valence-electron chi connectivity index (χ3n) is 4.91. The first-order chi connectivity index (χ1) is 14.6. The zero-order valence-electron chi connectivity index (χ0n) is 17.0. The summed E-state index contributed by atoms with van der Waals surface area (Å²) in [5.41, 5.74) is 2.31. The van der Waals surface area contributed by atoms with Crippen LogP contribution in [-0.4, -0.2) is 39.2 Å². The molecule has 0 saturated carbocycles. The molecule has 0 aromatic heterocycles. The molecule has 1 aliphatic rings. The molecule has 0 fully saturated rings. The second kappa shape index (κ2) is 9.66. The Morgan fingerprint density at radius 2 is 2.00 bits per heavy atom. The summed E-state index contributed by atoms with van der Waals surface area (Å²) in [6, 6.07) is 12.7. The van der Waals surface area contributed by atoms with Crippen molar-refractivity contribution in [3.8, 4) is 23.8 Å². The molecule has 2 aromatic rings. The van der Waals surface area contributed by atoms with Gasteiger partial charge >= 0.3 is 5.97 Å². The standard InChI is InChI=1S/C24H23NO5/c1-4-15-30-21-11-9-17(16-22(21)28-2)10-12-23(26)25-14-13-19(24(27)29-3)18-7-5-6-8-20(18)25/h1,5-12,16,19H,13-15H2,2-3H3/b12-10+. The Kier molecular flexibility index (Phi) is 6.76. The lowest BCUT2D eigenvalue weighted by Crippen LogP contribution is -2.37. The van der Waals surface area contributed by atoms with Gasteiger partial charge in [-0.05, 0) is 41.8 Å². The van der Waals surface area contributed by atoms with Crippen LogP contribution < -0.4 is 14.4 Å². The molecule has 6 nitrogen and oxygen atoms in total. The van der Waals surface area contributed by atoms with Crippen LogP contribution in [0.5, 0.6) is 11.5 Å². The number of carbonyl (C=O) groups excluding carboxylic acids is 2. The van der Waals surface area contributed by atoms with E-state index in [2.05, 4.69) is 5.92 Å². The normalized spacial score (nSPS) is 15.2. The van der Waals surface area contributed by atoms with Gasteiger partial charge < -0.3 is 19.1 Å². The zero-order chi connectivity index (χ0) is 21.5. The number of para-hydroxylation sites is 1. The van der Waals surface area contributed by atoms with E-state index in [4.69, 9.17) is 20.6 Å². The molecule has 0 radical (unpaired) electrons. The summed E-state index contributed by atoms with van der Waals surface area (Å²) >= 11 is 0. The number of terminal acetylenes is 1. The monoisotopic (exact) mass is 405 g/mol. The van der Waals surface area contributed by atoms with Gasteiger partial charge in [0.25, 0.3) is 5.91 Å². The molecule has 0 saturated heterocycles. The number of amides is 1. The van der Waals surface area contributed by atoms with E-state index in [0.29, 0.717) is 24.5 Å². The molecule has 1 amide bonds. The minimum Gasteiger partial charge on any atom is -0.493 e. The number of hydrogen-bond acceptors (Lipinski definition) is 5. The first-order valence-corrected chi connectivity index (χ1v) is 9.49. The van der Waals surface area contributed by atoms with Gasteiger partial charge in [0.1, 0.15) is 6.61 Å². The second-order valence-corrected chi connectivity index (χ2v) is 6.65. The van der Waals surface area contributed by atoms with Crippen molar-refractivity contribution in [3.05, 3.63) is 59.7 Å². The predicted octanol–water partition coefficient (Wildman–Crippen LogP) is 3.41.